The van der Waals surface area contributed by atoms with E-state index in [-0.39, 0.29) is 5.91 Å². The van der Waals surface area contributed by atoms with Gasteiger partial charge in [0.25, 0.3) is 5.91 Å². The lowest BCUT2D eigenvalue weighted by atomic mass is 10.2. The Balaban J connectivity index is 2.31. The number of likely N-dealkylation sites (tertiary alicyclic amines) is 1. The number of hydrogen-bond acceptors (Lipinski definition) is 2. The molecule has 1 atom stereocenters. The first kappa shape index (κ1) is 13.4. The molecule has 1 fully saturated rings. The zero-order chi connectivity index (χ0) is 12.6. The van der Waals surface area contributed by atoms with Crippen LogP contribution in [0, 0.1) is 3.57 Å². The predicted octanol–water partition coefficient (Wildman–Crippen LogP) is 2.80. The first-order chi connectivity index (χ1) is 7.99. The van der Waals surface area contributed by atoms with Gasteiger partial charge in [0.05, 0.1) is 16.7 Å². The van der Waals surface area contributed by atoms with Crippen LogP contribution in [-0.2, 0) is 0 Å². The Morgan fingerprint density at radius 1 is 1.47 bits per heavy atom. The zero-order valence-electron chi connectivity index (χ0n) is 8.79. The minimum Gasteiger partial charge on any atom is -0.391 e. The Hall–Kier alpha value is -0.0400. The highest BCUT2D eigenvalue weighted by Gasteiger charge is 2.27. The van der Waals surface area contributed by atoms with Gasteiger partial charge in [-0.2, -0.15) is 0 Å². The van der Waals surface area contributed by atoms with Gasteiger partial charge in [0.1, 0.15) is 0 Å². The molecule has 1 heterocycles. The van der Waals surface area contributed by atoms with Gasteiger partial charge in [-0.15, -0.1) is 0 Å². The second kappa shape index (κ2) is 5.30. The molecule has 0 aromatic heterocycles. The quantitative estimate of drug-likeness (QED) is 0.596. The van der Waals surface area contributed by atoms with Crippen LogP contribution in [0.3, 0.4) is 0 Å². The molecule has 0 unspecified atom stereocenters. The van der Waals surface area contributed by atoms with Crippen LogP contribution in [0.5, 0.6) is 0 Å². The van der Waals surface area contributed by atoms with Gasteiger partial charge >= 0.3 is 0 Å². The number of amides is 1. The van der Waals surface area contributed by atoms with Gasteiger partial charge in [0.15, 0.2) is 0 Å². The van der Waals surface area contributed by atoms with Crippen molar-refractivity contribution in [3.63, 3.8) is 0 Å². The summed E-state index contributed by atoms with van der Waals surface area (Å²) in [4.78, 5) is 13.8. The molecule has 1 amide bonds. The van der Waals surface area contributed by atoms with Crippen molar-refractivity contribution in [2.45, 2.75) is 12.5 Å². The highest BCUT2D eigenvalue weighted by molar-refractivity contribution is 14.1. The van der Waals surface area contributed by atoms with Gasteiger partial charge < -0.3 is 10.0 Å². The topological polar surface area (TPSA) is 40.5 Å². The van der Waals surface area contributed by atoms with E-state index in [4.69, 9.17) is 23.2 Å². The van der Waals surface area contributed by atoms with Crippen LogP contribution in [-0.4, -0.2) is 35.1 Å². The summed E-state index contributed by atoms with van der Waals surface area (Å²) in [5, 5.41) is 10.3. The lowest BCUT2D eigenvalue weighted by molar-refractivity contribution is 0.0764. The van der Waals surface area contributed by atoms with E-state index < -0.39 is 6.10 Å². The molecule has 0 aliphatic carbocycles. The van der Waals surface area contributed by atoms with E-state index in [1.165, 1.54) is 0 Å². The van der Waals surface area contributed by atoms with E-state index in [2.05, 4.69) is 0 Å². The number of hydrogen-bond donors (Lipinski definition) is 1. The third-order valence-electron chi connectivity index (χ3n) is 2.67. The van der Waals surface area contributed by atoms with Crippen molar-refractivity contribution in [1.82, 2.24) is 4.90 Å². The average Bonchev–Trinajstić information content (AvgIpc) is 2.69. The summed E-state index contributed by atoms with van der Waals surface area (Å²) in [5.41, 5.74) is 0.497. The van der Waals surface area contributed by atoms with E-state index in [0.29, 0.717) is 38.7 Å². The molecule has 0 saturated carbocycles. The highest BCUT2D eigenvalue weighted by atomic mass is 127. The maximum atomic E-state index is 12.2. The SMILES string of the molecule is O=C(c1cc(Cl)cc(Cl)c1I)N1CC[C@@H](O)C1. The van der Waals surface area contributed by atoms with Crippen LogP contribution < -0.4 is 0 Å². The van der Waals surface area contributed by atoms with Crippen LogP contribution in [0.4, 0.5) is 0 Å². The van der Waals surface area contributed by atoms with Gasteiger partial charge in [0.2, 0.25) is 0 Å². The largest absolute Gasteiger partial charge is 0.391 e. The third-order valence-corrected chi connectivity index (χ3v) is 4.67. The van der Waals surface area contributed by atoms with Crippen molar-refractivity contribution >= 4 is 51.7 Å². The number of halogens is 3. The molecule has 6 heteroatoms. The summed E-state index contributed by atoms with van der Waals surface area (Å²) in [7, 11) is 0. The molecule has 3 nitrogen and oxygen atoms in total. The zero-order valence-corrected chi connectivity index (χ0v) is 12.5. The van der Waals surface area contributed by atoms with Crippen molar-refractivity contribution in [1.29, 1.82) is 0 Å². The lowest BCUT2D eigenvalue weighted by Gasteiger charge is -2.17. The minimum atomic E-state index is -0.425. The van der Waals surface area contributed by atoms with E-state index in [1.54, 1.807) is 17.0 Å². The summed E-state index contributed by atoms with van der Waals surface area (Å²) in [5.74, 6) is -0.129. The molecule has 0 spiro atoms. The Morgan fingerprint density at radius 3 is 2.76 bits per heavy atom. The first-order valence-electron chi connectivity index (χ1n) is 5.11. The molecule has 1 aromatic carbocycles. The molecule has 92 valence electrons. The van der Waals surface area contributed by atoms with Crippen LogP contribution in [0.2, 0.25) is 10.0 Å². The Labute approximate surface area is 123 Å². The lowest BCUT2D eigenvalue weighted by Crippen LogP contribution is -2.30. The minimum absolute atomic E-state index is 0.129. The van der Waals surface area contributed by atoms with E-state index in [1.807, 2.05) is 22.6 Å². The fourth-order valence-electron chi connectivity index (χ4n) is 1.81. The first-order valence-corrected chi connectivity index (χ1v) is 6.94. The van der Waals surface area contributed by atoms with E-state index >= 15 is 0 Å². The van der Waals surface area contributed by atoms with Crippen molar-refractivity contribution in [2.75, 3.05) is 13.1 Å². The second-order valence-corrected chi connectivity index (χ2v) is 5.87. The molecule has 2 rings (SSSR count). The van der Waals surface area contributed by atoms with Gasteiger partial charge in [-0.3, -0.25) is 4.79 Å². The number of rotatable bonds is 1. The Bertz CT molecular complexity index is 467. The van der Waals surface area contributed by atoms with Crippen molar-refractivity contribution in [2.24, 2.45) is 0 Å². The number of benzene rings is 1. The fourth-order valence-corrected chi connectivity index (χ4v) is 2.84. The number of aliphatic hydroxyl groups is 1. The standard InChI is InChI=1S/C11H10Cl2INO2/c12-6-3-8(10(14)9(13)4-6)11(17)15-2-1-7(16)5-15/h3-4,7,16H,1-2,5H2/t7-/m1/s1. The van der Waals surface area contributed by atoms with Crippen LogP contribution in [0.1, 0.15) is 16.8 Å². The molecule has 0 radical (unpaired) electrons. The predicted molar refractivity (Wildman–Crippen MR) is 75.7 cm³/mol. The fraction of sp³-hybridized carbons (Fsp3) is 0.364. The van der Waals surface area contributed by atoms with Gasteiger partial charge in [-0.25, -0.2) is 0 Å². The van der Waals surface area contributed by atoms with Crippen LogP contribution in [0.25, 0.3) is 0 Å². The Morgan fingerprint density at radius 2 is 2.18 bits per heavy atom. The third kappa shape index (κ3) is 2.86. The number of nitrogens with zero attached hydrogens (tertiary/aromatic N) is 1. The monoisotopic (exact) mass is 385 g/mol. The smallest absolute Gasteiger partial charge is 0.255 e. The Kier molecular flexibility index (Phi) is 4.18. The van der Waals surface area contributed by atoms with Crippen molar-refractivity contribution in [3.05, 3.63) is 31.3 Å². The van der Waals surface area contributed by atoms with Gasteiger partial charge in [0, 0.05) is 21.7 Å². The van der Waals surface area contributed by atoms with E-state index in [0.717, 1.165) is 0 Å². The summed E-state index contributed by atoms with van der Waals surface area (Å²) in [6.07, 6.45) is 0.197. The van der Waals surface area contributed by atoms with Crippen molar-refractivity contribution in [3.8, 4) is 0 Å². The molecular weight excluding hydrogens is 376 g/mol. The molecule has 0 bridgehead atoms. The highest BCUT2D eigenvalue weighted by Crippen LogP contribution is 2.28. The van der Waals surface area contributed by atoms with Gasteiger partial charge in [-0.05, 0) is 41.1 Å². The maximum Gasteiger partial charge on any atom is 0.255 e. The van der Waals surface area contributed by atoms with E-state index in [9.17, 15) is 9.90 Å². The summed E-state index contributed by atoms with van der Waals surface area (Å²) in [6, 6.07) is 3.22. The summed E-state index contributed by atoms with van der Waals surface area (Å²) < 4.78 is 0.694. The molecule has 1 aromatic rings. The summed E-state index contributed by atoms with van der Waals surface area (Å²) in [6.45, 7) is 0.944. The number of carbonyl (C=O) groups excluding carboxylic acids is 1. The second-order valence-electron chi connectivity index (χ2n) is 3.94. The molecule has 1 saturated heterocycles. The van der Waals surface area contributed by atoms with Gasteiger partial charge in [-0.1, -0.05) is 23.2 Å². The van der Waals surface area contributed by atoms with Crippen LogP contribution in [0.15, 0.2) is 12.1 Å². The van der Waals surface area contributed by atoms with Crippen LogP contribution >= 0.6 is 45.8 Å². The summed E-state index contributed by atoms with van der Waals surface area (Å²) >= 11 is 13.9. The average molecular weight is 386 g/mol. The number of carbonyl (C=O) groups is 1. The maximum absolute atomic E-state index is 12.2. The number of β-amino-alcohol motifs (C(OH)–C–C–N with tert-alkyl or cyclic N) is 1. The molecular formula is C11H10Cl2INO2. The number of aliphatic hydroxyl groups excluding tert-OH is 1. The normalized spacial score (nSPS) is 19.8. The molecule has 17 heavy (non-hydrogen) atoms. The molecule has 1 aliphatic rings. The molecule has 1 N–H and O–H groups in total. The van der Waals surface area contributed by atoms with Crippen molar-refractivity contribution < 1.29 is 9.90 Å². The molecule has 1 aliphatic heterocycles.